The van der Waals surface area contributed by atoms with Crippen LogP contribution in [0.5, 0.6) is 5.75 Å². The molecular weight excluding hydrogens is 366 g/mol. The van der Waals surface area contributed by atoms with Crippen LogP contribution < -0.4 is 4.74 Å². The Balaban J connectivity index is 2.17. The summed E-state index contributed by atoms with van der Waals surface area (Å²) in [5.41, 5.74) is 2.92. The molecule has 0 aliphatic rings. The lowest BCUT2D eigenvalue weighted by Gasteiger charge is -2.08. The second kappa shape index (κ2) is 10.8. The smallest absolute Gasteiger partial charge is 0.355 e. The minimum atomic E-state index is -0.408. The molecule has 0 unspecified atom stereocenters. The molecular formula is C24H33NO4. The first kappa shape index (κ1) is 22.7. The molecule has 0 saturated heterocycles. The Morgan fingerprint density at radius 1 is 1.03 bits per heavy atom. The molecule has 1 aromatic heterocycles. The van der Waals surface area contributed by atoms with Gasteiger partial charge in [0.25, 0.3) is 0 Å². The van der Waals surface area contributed by atoms with E-state index in [0.717, 1.165) is 18.5 Å². The third kappa shape index (κ3) is 5.49. The van der Waals surface area contributed by atoms with Gasteiger partial charge in [-0.15, -0.1) is 0 Å². The highest BCUT2D eigenvalue weighted by atomic mass is 16.5. The van der Waals surface area contributed by atoms with E-state index in [1.807, 2.05) is 19.1 Å². The van der Waals surface area contributed by atoms with Crippen molar-refractivity contribution in [3.63, 3.8) is 0 Å². The molecule has 2 aromatic rings. The van der Waals surface area contributed by atoms with Crippen molar-refractivity contribution in [3.05, 3.63) is 52.3 Å². The summed E-state index contributed by atoms with van der Waals surface area (Å²) < 4.78 is 12.7. The highest BCUT2D eigenvalue weighted by molar-refractivity contribution is 6.12. The number of hydrogen-bond donors (Lipinski definition) is 0. The molecule has 29 heavy (non-hydrogen) atoms. The van der Waals surface area contributed by atoms with Crippen LogP contribution in [0.1, 0.15) is 83.6 Å². The number of nitrogens with zero attached hydrogens (tertiary/aromatic N) is 1. The number of carbonyl (C=O) groups is 2. The zero-order chi connectivity index (χ0) is 21.4. The summed E-state index contributed by atoms with van der Waals surface area (Å²) in [6, 6.07) is 7.27. The summed E-state index contributed by atoms with van der Waals surface area (Å²) in [5.74, 6) is 0.178. The molecule has 5 heteroatoms. The van der Waals surface area contributed by atoms with Crippen molar-refractivity contribution in [2.24, 2.45) is 7.05 Å². The summed E-state index contributed by atoms with van der Waals surface area (Å²) >= 11 is 0. The molecule has 0 amide bonds. The quantitative estimate of drug-likeness (QED) is 0.288. The summed E-state index contributed by atoms with van der Waals surface area (Å²) in [6.07, 6.45) is 5.88. The Hall–Kier alpha value is -2.56. The van der Waals surface area contributed by atoms with Gasteiger partial charge in [-0.3, -0.25) is 4.79 Å². The van der Waals surface area contributed by atoms with Crippen LogP contribution in [-0.4, -0.2) is 29.5 Å². The van der Waals surface area contributed by atoms with Gasteiger partial charge in [0, 0.05) is 23.9 Å². The van der Waals surface area contributed by atoms with Crippen molar-refractivity contribution in [1.82, 2.24) is 4.57 Å². The number of benzene rings is 1. The first-order valence-corrected chi connectivity index (χ1v) is 10.5. The van der Waals surface area contributed by atoms with Crippen LogP contribution in [-0.2, 0) is 11.8 Å². The van der Waals surface area contributed by atoms with Gasteiger partial charge < -0.3 is 14.0 Å². The predicted octanol–water partition coefficient (Wildman–Crippen LogP) is 5.40. The van der Waals surface area contributed by atoms with Gasteiger partial charge in [-0.1, -0.05) is 44.7 Å². The summed E-state index contributed by atoms with van der Waals surface area (Å²) in [5, 5.41) is 0. The van der Waals surface area contributed by atoms with E-state index in [9.17, 15) is 9.59 Å². The molecule has 1 aromatic carbocycles. The monoisotopic (exact) mass is 399 g/mol. The summed E-state index contributed by atoms with van der Waals surface area (Å²) in [6.45, 7) is 8.55. The van der Waals surface area contributed by atoms with Gasteiger partial charge in [0.15, 0.2) is 5.78 Å². The zero-order valence-corrected chi connectivity index (χ0v) is 18.3. The molecule has 0 bridgehead atoms. The Kier molecular flexibility index (Phi) is 8.50. The normalized spacial score (nSPS) is 10.8. The van der Waals surface area contributed by atoms with Crippen molar-refractivity contribution >= 4 is 11.8 Å². The van der Waals surface area contributed by atoms with Gasteiger partial charge in [-0.25, -0.2) is 4.79 Å². The highest BCUT2D eigenvalue weighted by Gasteiger charge is 2.26. The van der Waals surface area contributed by atoms with Gasteiger partial charge in [0.1, 0.15) is 11.4 Å². The molecule has 0 fully saturated rings. The van der Waals surface area contributed by atoms with Gasteiger partial charge in [0.2, 0.25) is 0 Å². The first-order chi connectivity index (χ1) is 13.9. The summed E-state index contributed by atoms with van der Waals surface area (Å²) in [4.78, 5) is 25.5. The number of aromatic nitrogens is 1. The van der Waals surface area contributed by atoms with Crippen LogP contribution in [0.2, 0.25) is 0 Å². The molecule has 5 nitrogen and oxygen atoms in total. The number of unbranched alkanes of at least 4 members (excludes halogenated alkanes) is 4. The van der Waals surface area contributed by atoms with E-state index in [4.69, 9.17) is 9.47 Å². The maximum atomic E-state index is 13.2. The molecule has 0 aliphatic carbocycles. The van der Waals surface area contributed by atoms with E-state index >= 15 is 0 Å². The number of rotatable bonds is 11. The molecule has 0 aliphatic heterocycles. The lowest BCUT2D eigenvalue weighted by atomic mass is 9.99. The third-order valence-electron chi connectivity index (χ3n) is 5.24. The fraction of sp³-hybridized carbons (Fsp3) is 0.500. The molecule has 2 rings (SSSR count). The van der Waals surface area contributed by atoms with Crippen LogP contribution in [0.25, 0.3) is 0 Å². The van der Waals surface area contributed by atoms with Crippen molar-refractivity contribution in [2.45, 2.75) is 59.8 Å². The van der Waals surface area contributed by atoms with E-state index in [2.05, 4.69) is 6.92 Å². The third-order valence-corrected chi connectivity index (χ3v) is 5.24. The van der Waals surface area contributed by atoms with Crippen LogP contribution >= 0.6 is 0 Å². The van der Waals surface area contributed by atoms with Crippen LogP contribution in [0.3, 0.4) is 0 Å². The molecule has 0 N–H and O–H groups in total. The van der Waals surface area contributed by atoms with Gasteiger partial charge in [-0.2, -0.15) is 0 Å². The number of hydrogen-bond acceptors (Lipinski definition) is 4. The van der Waals surface area contributed by atoms with E-state index in [-0.39, 0.29) is 5.78 Å². The van der Waals surface area contributed by atoms with E-state index in [1.165, 1.54) is 19.3 Å². The van der Waals surface area contributed by atoms with E-state index < -0.39 is 5.97 Å². The molecule has 158 valence electrons. The van der Waals surface area contributed by atoms with Crippen molar-refractivity contribution in [2.75, 3.05) is 13.2 Å². The molecule has 0 spiro atoms. The fourth-order valence-corrected chi connectivity index (χ4v) is 3.57. The van der Waals surface area contributed by atoms with Crippen LogP contribution in [0.15, 0.2) is 24.3 Å². The zero-order valence-electron chi connectivity index (χ0n) is 18.3. The maximum absolute atomic E-state index is 13.2. The number of ketones is 1. The van der Waals surface area contributed by atoms with Gasteiger partial charge >= 0.3 is 5.97 Å². The molecule has 0 saturated carbocycles. The average Bonchev–Trinajstić information content (AvgIpc) is 2.93. The van der Waals surface area contributed by atoms with E-state index in [0.29, 0.717) is 41.3 Å². The Morgan fingerprint density at radius 2 is 1.76 bits per heavy atom. The molecule has 0 radical (unpaired) electrons. The Bertz CT molecular complexity index is 851. The maximum Gasteiger partial charge on any atom is 0.355 e. The average molecular weight is 400 g/mol. The van der Waals surface area contributed by atoms with Crippen LogP contribution in [0, 0.1) is 13.8 Å². The lowest BCUT2D eigenvalue weighted by molar-refractivity contribution is 0.0514. The van der Waals surface area contributed by atoms with Gasteiger partial charge in [-0.05, 0) is 44.9 Å². The first-order valence-electron chi connectivity index (χ1n) is 10.5. The standard InChI is InChI=1S/C24H33NO4/c1-6-8-9-10-11-15-29-20-14-12-13-19(16-20)23(26)21-17(3)22(24(27)28-7-2)25(5)18(21)4/h12-14,16H,6-11,15H2,1-5H3. The Labute approximate surface area is 174 Å². The Morgan fingerprint density at radius 3 is 2.45 bits per heavy atom. The second-order valence-corrected chi connectivity index (χ2v) is 7.33. The molecule has 1 heterocycles. The largest absolute Gasteiger partial charge is 0.494 e. The highest BCUT2D eigenvalue weighted by Crippen LogP contribution is 2.26. The SMILES string of the molecule is CCCCCCCOc1cccc(C(=O)c2c(C)c(C(=O)OCC)n(C)c2C)c1. The van der Waals surface area contributed by atoms with Crippen molar-refractivity contribution in [1.29, 1.82) is 0 Å². The fourth-order valence-electron chi connectivity index (χ4n) is 3.57. The predicted molar refractivity (Wildman–Crippen MR) is 115 cm³/mol. The summed E-state index contributed by atoms with van der Waals surface area (Å²) in [7, 11) is 1.78. The minimum absolute atomic E-state index is 0.112. The lowest BCUT2D eigenvalue weighted by Crippen LogP contribution is -2.11. The number of esters is 1. The number of carbonyl (C=O) groups excluding carboxylic acids is 2. The minimum Gasteiger partial charge on any atom is -0.494 e. The topological polar surface area (TPSA) is 57.5 Å². The second-order valence-electron chi connectivity index (χ2n) is 7.33. The van der Waals surface area contributed by atoms with Crippen molar-refractivity contribution in [3.8, 4) is 5.75 Å². The van der Waals surface area contributed by atoms with E-state index in [1.54, 1.807) is 37.6 Å². The van der Waals surface area contributed by atoms with Gasteiger partial charge in [0.05, 0.1) is 13.2 Å². The van der Waals surface area contributed by atoms with Crippen LogP contribution in [0.4, 0.5) is 0 Å². The number of ether oxygens (including phenoxy) is 2. The van der Waals surface area contributed by atoms with Crippen molar-refractivity contribution < 1.29 is 19.1 Å². The molecule has 0 atom stereocenters.